The van der Waals surface area contributed by atoms with Gasteiger partial charge in [0.25, 0.3) is 0 Å². The van der Waals surface area contributed by atoms with Gasteiger partial charge in [-0.25, -0.2) is 0 Å². The predicted octanol–water partition coefficient (Wildman–Crippen LogP) is 2.26. The van der Waals surface area contributed by atoms with E-state index in [0.29, 0.717) is 10.6 Å². The quantitative estimate of drug-likeness (QED) is 0.843. The SMILES string of the molecule is N#Cc1cc(Cl)ccc1N1CCC2CNCC2C1. The van der Waals surface area contributed by atoms with E-state index in [2.05, 4.69) is 16.3 Å². The van der Waals surface area contributed by atoms with Crippen LogP contribution in [0, 0.1) is 23.2 Å². The first-order valence-electron chi connectivity index (χ1n) is 6.43. The van der Waals surface area contributed by atoms with Crippen molar-refractivity contribution in [3.05, 3.63) is 28.8 Å². The standard InChI is InChI=1S/C14H16ClN3/c15-13-1-2-14(11(5-13)6-16)18-4-3-10-7-17-8-12(10)9-18/h1-2,5,10,12,17H,3-4,7-9H2. The van der Waals surface area contributed by atoms with Gasteiger partial charge in [-0.05, 0) is 49.5 Å². The van der Waals surface area contributed by atoms with Crippen LogP contribution in [0.4, 0.5) is 5.69 Å². The fraction of sp³-hybridized carbons (Fsp3) is 0.500. The van der Waals surface area contributed by atoms with Gasteiger partial charge in [0.05, 0.1) is 11.3 Å². The van der Waals surface area contributed by atoms with Gasteiger partial charge in [-0.2, -0.15) is 5.26 Å². The highest BCUT2D eigenvalue weighted by molar-refractivity contribution is 6.30. The number of fused-ring (bicyclic) bond motifs is 1. The lowest BCUT2D eigenvalue weighted by Crippen LogP contribution is -2.40. The van der Waals surface area contributed by atoms with Crippen molar-refractivity contribution in [2.45, 2.75) is 6.42 Å². The minimum atomic E-state index is 0.632. The van der Waals surface area contributed by atoms with Crippen molar-refractivity contribution in [2.24, 2.45) is 11.8 Å². The summed E-state index contributed by atoms with van der Waals surface area (Å²) < 4.78 is 0. The molecule has 0 radical (unpaired) electrons. The van der Waals surface area contributed by atoms with Crippen molar-refractivity contribution in [3.8, 4) is 6.07 Å². The Balaban J connectivity index is 1.85. The van der Waals surface area contributed by atoms with Crippen LogP contribution in [-0.2, 0) is 0 Å². The van der Waals surface area contributed by atoms with Crippen LogP contribution in [0.5, 0.6) is 0 Å². The number of benzene rings is 1. The molecule has 3 rings (SSSR count). The molecule has 18 heavy (non-hydrogen) atoms. The van der Waals surface area contributed by atoms with Crippen molar-refractivity contribution in [1.82, 2.24) is 5.32 Å². The van der Waals surface area contributed by atoms with Crippen LogP contribution in [0.15, 0.2) is 18.2 Å². The average molecular weight is 262 g/mol. The Morgan fingerprint density at radius 1 is 1.33 bits per heavy atom. The molecule has 2 unspecified atom stereocenters. The molecule has 0 spiro atoms. The van der Waals surface area contributed by atoms with Gasteiger partial charge in [0.1, 0.15) is 6.07 Å². The maximum atomic E-state index is 9.21. The molecule has 0 amide bonds. The summed E-state index contributed by atoms with van der Waals surface area (Å²) in [6.07, 6.45) is 1.21. The van der Waals surface area contributed by atoms with Crippen LogP contribution in [0.1, 0.15) is 12.0 Å². The van der Waals surface area contributed by atoms with Crippen molar-refractivity contribution in [1.29, 1.82) is 5.26 Å². The van der Waals surface area contributed by atoms with E-state index in [1.54, 1.807) is 6.07 Å². The van der Waals surface area contributed by atoms with Crippen LogP contribution in [0.3, 0.4) is 0 Å². The molecule has 0 aliphatic carbocycles. The first kappa shape index (κ1) is 11.8. The van der Waals surface area contributed by atoms with Crippen LogP contribution in [0.2, 0.25) is 5.02 Å². The summed E-state index contributed by atoms with van der Waals surface area (Å²) in [4.78, 5) is 2.34. The molecule has 3 nitrogen and oxygen atoms in total. The molecule has 0 bridgehead atoms. The number of halogens is 1. The Bertz CT molecular complexity index is 494. The Hall–Kier alpha value is -1.24. The lowest BCUT2D eigenvalue weighted by Gasteiger charge is -2.36. The monoisotopic (exact) mass is 261 g/mol. The van der Waals surface area contributed by atoms with Gasteiger partial charge in [-0.15, -0.1) is 0 Å². The fourth-order valence-corrected chi connectivity index (χ4v) is 3.30. The highest BCUT2D eigenvalue weighted by atomic mass is 35.5. The molecule has 2 aliphatic heterocycles. The largest absolute Gasteiger partial charge is 0.370 e. The van der Waals surface area contributed by atoms with Gasteiger partial charge in [-0.1, -0.05) is 11.6 Å². The van der Waals surface area contributed by atoms with E-state index in [-0.39, 0.29) is 0 Å². The average Bonchev–Trinajstić information content (AvgIpc) is 2.85. The van der Waals surface area contributed by atoms with Gasteiger partial charge in [0.15, 0.2) is 0 Å². The van der Waals surface area contributed by atoms with Crippen molar-refractivity contribution in [3.63, 3.8) is 0 Å². The van der Waals surface area contributed by atoms with E-state index in [4.69, 9.17) is 11.6 Å². The number of nitrogens with one attached hydrogen (secondary N) is 1. The Morgan fingerprint density at radius 3 is 3.00 bits per heavy atom. The number of rotatable bonds is 1. The first-order valence-corrected chi connectivity index (χ1v) is 6.81. The summed E-state index contributed by atoms with van der Waals surface area (Å²) in [6, 6.07) is 7.86. The molecule has 4 heteroatoms. The highest BCUT2D eigenvalue weighted by Gasteiger charge is 2.33. The summed E-state index contributed by atoms with van der Waals surface area (Å²) >= 11 is 5.94. The topological polar surface area (TPSA) is 39.1 Å². The Labute approximate surface area is 112 Å². The predicted molar refractivity (Wildman–Crippen MR) is 72.8 cm³/mol. The zero-order chi connectivity index (χ0) is 12.5. The number of anilines is 1. The van der Waals surface area contributed by atoms with Gasteiger partial charge in [0, 0.05) is 18.1 Å². The molecule has 2 heterocycles. The normalized spacial score (nSPS) is 26.8. The molecular weight excluding hydrogens is 246 g/mol. The van der Waals surface area contributed by atoms with E-state index < -0.39 is 0 Å². The molecule has 1 N–H and O–H groups in total. The second-order valence-corrected chi connectivity index (χ2v) is 5.62. The molecule has 2 aliphatic rings. The second-order valence-electron chi connectivity index (χ2n) is 5.19. The van der Waals surface area contributed by atoms with Crippen molar-refractivity contribution in [2.75, 3.05) is 31.1 Å². The lowest BCUT2D eigenvalue weighted by molar-refractivity contribution is 0.349. The van der Waals surface area contributed by atoms with E-state index in [1.807, 2.05) is 12.1 Å². The Kier molecular flexibility index (Phi) is 3.15. The maximum absolute atomic E-state index is 9.21. The van der Waals surface area contributed by atoms with Gasteiger partial charge >= 0.3 is 0 Å². The molecule has 94 valence electrons. The fourth-order valence-electron chi connectivity index (χ4n) is 3.13. The summed E-state index contributed by atoms with van der Waals surface area (Å²) in [5.41, 5.74) is 1.72. The zero-order valence-electron chi connectivity index (χ0n) is 10.2. The maximum Gasteiger partial charge on any atom is 0.101 e. The minimum Gasteiger partial charge on any atom is -0.370 e. The third kappa shape index (κ3) is 2.07. The number of hydrogen-bond donors (Lipinski definition) is 1. The van der Waals surface area contributed by atoms with E-state index in [0.717, 1.165) is 43.7 Å². The Morgan fingerprint density at radius 2 is 2.17 bits per heavy atom. The molecule has 2 atom stereocenters. The van der Waals surface area contributed by atoms with E-state index >= 15 is 0 Å². The summed E-state index contributed by atoms with van der Waals surface area (Å²) in [6.45, 7) is 4.36. The second kappa shape index (κ2) is 4.79. The molecule has 1 aromatic carbocycles. The molecule has 1 aromatic rings. The van der Waals surface area contributed by atoms with E-state index in [1.165, 1.54) is 6.42 Å². The van der Waals surface area contributed by atoms with Gasteiger partial charge < -0.3 is 10.2 Å². The molecule has 2 saturated heterocycles. The van der Waals surface area contributed by atoms with Crippen LogP contribution in [-0.4, -0.2) is 26.2 Å². The number of nitrogens with zero attached hydrogens (tertiary/aromatic N) is 2. The van der Waals surface area contributed by atoms with Gasteiger partial charge in [0.2, 0.25) is 0 Å². The van der Waals surface area contributed by atoms with Gasteiger partial charge in [-0.3, -0.25) is 0 Å². The number of piperidine rings is 1. The third-order valence-corrected chi connectivity index (χ3v) is 4.36. The number of nitriles is 1. The molecule has 0 saturated carbocycles. The molecule has 2 fully saturated rings. The number of hydrogen-bond acceptors (Lipinski definition) is 3. The lowest BCUT2D eigenvalue weighted by atomic mass is 9.88. The zero-order valence-corrected chi connectivity index (χ0v) is 11.0. The van der Waals surface area contributed by atoms with Crippen LogP contribution < -0.4 is 10.2 Å². The summed E-state index contributed by atoms with van der Waals surface area (Å²) in [7, 11) is 0. The summed E-state index contributed by atoms with van der Waals surface area (Å²) in [5.74, 6) is 1.54. The van der Waals surface area contributed by atoms with Crippen LogP contribution in [0.25, 0.3) is 0 Å². The molecular formula is C14H16ClN3. The van der Waals surface area contributed by atoms with Crippen LogP contribution >= 0.6 is 11.6 Å². The van der Waals surface area contributed by atoms with Crippen molar-refractivity contribution < 1.29 is 0 Å². The first-order chi connectivity index (χ1) is 8.78. The minimum absolute atomic E-state index is 0.632. The molecule has 0 aromatic heterocycles. The summed E-state index contributed by atoms with van der Waals surface area (Å²) in [5, 5.41) is 13.3. The smallest absolute Gasteiger partial charge is 0.101 e. The van der Waals surface area contributed by atoms with E-state index in [9.17, 15) is 5.26 Å². The third-order valence-electron chi connectivity index (χ3n) is 4.12. The highest BCUT2D eigenvalue weighted by Crippen LogP contribution is 2.32. The van der Waals surface area contributed by atoms with Crippen molar-refractivity contribution >= 4 is 17.3 Å².